The summed E-state index contributed by atoms with van der Waals surface area (Å²) in [4.78, 5) is 11.5. The summed E-state index contributed by atoms with van der Waals surface area (Å²) in [6.45, 7) is 1.09. The molecular formula is C22H19F3N2O4S3. The number of nitrogens with one attached hydrogen (secondary N) is 1. The van der Waals surface area contributed by atoms with Crippen LogP contribution in [0.1, 0.15) is 16.0 Å². The zero-order chi connectivity index (χ0) is 25.3. The topological polar surface area (TPSA) is 110 Å². The molecule has 0 radical (unpaired) electrons. The van der Waals surface area contributed by atoms with Crippen molar-refractivity contribution in [2.45, 2.75) is 33.7 Å². The van der Waals surface area contributed by atoms with Gasteiger partial charge in [-0.05, 0) is 53.6 Å². The Morgan fingerprint density at radius 2 is 1.85 bits per heavy atom. The number of sulfone groups is 1. The molecule has 180 valence electrons. The molecule has 34 heavy (non-hydrogen) atoms. The highest BCUT2D eigenvalue weighted by Crippen LogP contribution is 2.38. The fourth-order valence-electron chi connectivity index (χ4n) is 3.25. The van der Waals surface area contributed by atoms with Gasteiger partial charge in [-0.15, -0.1) is 23.1 Å². The number of carbonyl (C=O) groups is 1. The molecule has 0 saturated heterocycles. The first-order chi connectivity index (χ1) is 15.9. The van der Waals surface area contributed by atoms with E-state index < -0.39 is 28.6 Å². The second-order valence-electron chi connectivity index (χ2n) is 7.09. The van der Waals surface area contributed by atoms with Gasteiger partial charge in [-0.1, -0.05) is 30.3 Å². The van der Waals surface area contributed by atoms with Gasteiger partial charge in [0.15, 0.2) is 0 Å². The Hall–Kier alpha value is -2.83. The summed E-state index contributed by atoms with van der Waals surface area (Å²) >= 11 is 2.32. The summed E-state index contributed by atoms with van der Waals surface area (Å²) in [5, 5.41) is 7.61. The smallest absolute Gasteiger partial charge is 0.454 e. The fraction of sp³-hybridized carbons (Fsp3) is 0.182. The predicted molar refractivity (Wildman–Crippen MR) is 125 cm³/mol. The number of halogens is 3. The van der Waals surface area contributed by atoms with Gasteiger partial charge < -0.3 is 10.5 Å². The van der Waals surface area contributed by atoms with Crippen LogP contribution < -0.4 is 5.73 Å². The van der Waals surface area contributed by atoms with E-state index in [1.165, 1.54) is 42.1 Å². The number of aryl methyl sites for hydroxylation is 1. The number of esters is 1. The van der Waals surface area contributed by atoms with Crippen molar-refractivity contribution < 1.29 is 31.1 Å². The van der Waals surface area contributed by atoms with Crippen molar-refractivity contribution in [3.05, 3.63) is 64.5 Å². The van der Waals surface area contributed by atoms with Crippen LogP contribution in [0.3, 0.4) is 0 Å². The van der Waals surface area contributed by atoms with Crippen LogP contribution in [0.25, 0.3) is 11.1 Å². The van der Waals surface area contributed by atoms with E-state index in [-0.39, 0.29) is 15.6 Å². The summed E-state index contributed by atoms with van der Waals surface area (Å²) in [6.07, 6.45) is -3.40. The molecule has 12 heteroatoms. The van der Waals surface area contributed by atoms with E-state index in [0.717, 1.165) is 11.3 Å². The van der Waals surface area contributed by atoms with Crippen molar-refractivity contribution in [3.8, 4) is 11.1 Å². The van der Waals surface area contributed by atoms with Gasteiger partial charge >= 0.3 is 12.1 Å². The molecular weight excluding hydrogens is 509 g/mol. The van der Waals surface area contributed by atoms with E-state index in [0.29, 0.717) is 31.3 Å². The van der Waals surface area contributed by atoms with Gasteiger partial charge in [0.25, 0.3) is 0 Å². The number of ether oxygens (including phenoxy) is 1. The number of rotatable bonds is 7. The maximum atomic E-state index is 13.4. The van der Waals surface area contributed by atoms with Gasteiger partial charge in [0.1, 0.15) is 12.4 Å². The minimum atomic E-state index is -5.12. The van der Waals surface area contributed by atoms with Gasteiger partial charge in [-0.3, -0.25) is 5.41 Å². The molecule has 0 bridgehead atoms. The number of hydrogen-bond acceptors (Lipinski definition) is 7. The Bertz CT molecular complexity index is 1370. The molecule has 0 aliphatic heterocycles. The van der Waals surface area contributed by atoms with Crippen molar-refractivity contribution >= 4 is 44.7 Å². The third-order valence-electron chi connectivity index (χ3n) is 4.79. The number of nitrogens with two attached hydrogens (primary N) is 1. The largest absolute Gasteiger partial charge is 0.490 e. The Morgan fingerprint density at radius 1 is 1.18 bits per heavy atom. The number of alkyl halides is 3. The molecule has 0 aliphatic rings. The third kappa shape index (κ3) is 5.29. The number of benzene rings is 2. The predicted octanol–water partition coefficient (Wildman–Crippen LogP) is 5.17. The minimum absolute atomic E-state index is 0.0245. The molecule has 3 N–H and O–H groups in total. The normalized spacial score (nSPS) is 11.9. The van der Waals surface area contributed by atoms with Crippen molar-refractivity contribution in [1.29, 1.82) is 5.41 Å². The van der Waals surface area contributed by atoms with E-state index in [9.17, 15) is 26.4 Å². The molecule has 3 aromatic rings. The number of nitrogen functional groups attached to an aromatic ring is 1. The van der Waals surface area contributed by atoms with Crippen LogP contribution in [-0.2, 0) is 26.0 Å². The number of thiophene rings is 1. The van der Waals surface area contributed by atoms with Gasteiger partial charge in [0, 0.05) is 0 Å². The van der Waals surface area contributed by atoms with Crippen LogP contribution in [0, 0.1) is 12.3 Å². The van der Waals surface area contributed by atoms with Crippen LogP contribution in [0.5, 0.6) is 0 Å². The van der Waals surface area contributed by atoms with Crippen molar-refractivity contribution in [3.63, 3.8) is 0 Å². The minimum Gasteiger partial charge on any atom is -0.454 e. The lowest BCUT2D eigenvalue weighted by Crippen LogP contribution is -2.25. The highest BCUT2D eigenvalue weighted by molar-refractivity contribution is 8.01. The Labute approximate surface area is 202 Å². The van der Waals surface area contributed by atoms with E-state index in [4.69, 9.17) is 11.1 Å². The fourth-order valence-corrected chi connectivity index (χ4v) is 7.16. The van der Waals surface area contributed by atoms with E-state index in [1.807, 2.05) is 0 Å². The lowest BCUT2D eigenvalue weighted by Gasteiger charge is -2.15. The zero-order valence-corrected chi connectivity index (χ0v) is 20.3. The third-order valence-corrected chi connectivity index (χ3v) is 9.13. The maximum absolute atomic E-state index is 13.4. The molecule has 0 spiro atoms. The molecule has 2 aromatic carbocycles. The first-order valence-electron chi connectivity index (χ1n) is 9.56. The van der Waals surface area contributed by atoms with Crippen molar-refractivity contribution in [2.24, 2.45) is 5.73 Å². The lowest BCUT2D eigenvalue weighted by molar-refractivity contribution is -0.201. The van der Waals surface area contributed by atoms with Crippen LogP contribution in [0.2, 0.25) is 0 Å². The molecule has 0 amide bonds. The van der Waals surface area contributed by atoms with Crippen molar-refractivity contribution in [1.82, 2.24) is 0 Å². The Morgan fingerprint density at radius 3 is 2.47 bits per heavy atom. The SMILES string of the molecule is CSc1sc(C(=N)N)cc1S(=O)(=O)c1cccc(-c2c(C)cccc2COC(=O)C(F)(F)F)c1. The maximum Gasteiger partial charge on any atom is 0.490 e. The summed E-state index contributed by atoms with van der Waals surface area (Å²) < 4.78 is 69.4. The molecule has 1 heterocycles. The summed E-state index contributed by atoms with van der Waals surface area (Å²) in [5.74, 6) is -2.55. The number of thioether (sulfide) groups is 1. The molecule has 0 unspecified atom stereocenters. The first kappa shape index (κ1) is 25.8. The van der Waals surface area contributed by atoms with E-state index >= 15 is 0 Å². The molecule has 6 nitrogen and oxygen atoms in total. The van der Waals surface area contributed by atoms with E-state index in [1.54, 1.807) is 31.4 Å². The monoisotopic (exact) mass is 528 g/mol. The Kier molecular flexibility index (Phi) is 7.44. The second kappa shape index (κ2) is 9.80. The highest BCUT2D eigenvalue weighted by atomic mass is 32.2. The van der Waals surface area contributed by atoms with Crippen LogP contribution in [0.4, 0.5) is 13.2 Å². The molecule has 0 saturated carbocycles. The number of carbonyl (C=O) groups excluding carboxylic acids is 1. The van der Waals surface area contributed by atoms with Crippen molar-refractivity contribution in [2.75, 3.05) is 6.26 Å². The van der Waals surface area contributed by atoms with E-state index in [2.05, 4.69) is 4.74 Å². The number of hydrogen-bond donors (Lipinski definition) is 2. The molecule has 0 aliphatic carbocycles. The lowest BCUT2D eigenvalue weighted by atomic mass is 9.95. The molecule has 1 aromatic heterocycles. The van der Waals surface area contributed by atoms with Crippen LogP contribution in [0.15, 0.2) is 62.5 Å². The van der Waals surface area contributed by atoms with Gasteiger partial charge in [0.2, 0.25) is 9.84 Å². The molecule has 0 fully saturated rings. The average molecular weight is 529 g/mol. The quantitative estimate of drug-likeness (QED) is 0.190. The molecule has 0 atom stereocenters. The average Bonchev–Trinajstić information content (AvgIpc) is 3.23. The summed E-state index contributed by atoms with van der Waals surface area (Å²) in [7, 11) is -3.99. The van der Waals surface area contributed by atoms with Crippen LogP contribution >= 0.6 is 23.1 Å². The standard InChI is InChI=1S/C22H19F3N2O4S3/c1-12-5-3-7-14(11-31-21(28)22(23,24)25)18(12)13-6-4-8-15(9-13)34(29,30)17-10-16(19(26)27)33-20(17)32-2/h3-10H,11H2,1-2H3,(H3,26,27). The van der Waals surface area contributed by atoms with Gasteiger partial charge in [-0.25, -0.2) is 13.2 Å². The summed E-state index contributed by atoms with van der Waals surface area (Å²) in [6, 6.07) is 12.2. The van der Waals surface area contributed by atoms with Gasteiger partial charge in [-0.2, -0.15) is 13.2 Å². The zero-order valence-electron chi connectivity index (χ0n) is 17.9. The highest BCUT2D eigenvalue weighted by Gasteiger charge is 2.41. The summed E-state index contributed by atoms with van der Waals surface area (Å²) in [5.41, 5.74) is 7.39. The first-order valence-corrected chi connectivity index (χ1v) is 13.1. The number of amidine groups is 1. The second-order valence-corrected chi connectivity index (χ2v) is 11.1. The van der Waals surface area contributed by atoms with Crippen LogP contribution in [-0.4, -0.2) is 32.7 Å². The van der Waals surface area contributed by atoms with Gasteiger partial charge in [0.05, 0.1) is 18.9 Å². The Balaban J connectivity index is 2.06. The molecule has 3 rings (SSSR count).